The number of hydrogen-bond donors (Lipinski definition) is 1. The Kier molecular flexibility index (Phi) is 3.03. The van der Waals surface area contributed by atoms with Gasteiger partial charge in [-0.25, -0.2) is 0 Å². The molecule has 2 aromatic rings. The van der Waals surface area contributed by atoms with Gasteiger partial charge >= 0.3 is 0 Å². The van der Waals surface area contributed by atoms with Crippen molar-refractivity contribution in [3.63, 3.8) is 0 Å². The van der Waals surface area contributed by atoms with Crippen LogP contribution in [0.2, 0.25) is 0 Å². The van der Waals surface area contributed by atoms with E-state index in [0.29, 0.717) is 5.56 Å². The molecule has 2 aromatic carbocycles. The fourth-order valence-electron chi connectivity index (χ4n) is 2.87. The molecule has 4 heteroatoms. The average molecular weight is 296 g/mol. The van der Waals surface area contributed by atoms with Crippen LogP contribution in [0.4, 0.5) is 0 Å². The normalized spacial score (nSPS) is 29.1. The molecule has 2 saturated heterocycles. The van der Waals surface area contributed by atoms with Crippen molar-refractivity contribution in [1.82, 2.24) is 0 Å². The predicted molar refractivity (Wildman–Crippen MR) is 79.9 cm³/mol. The van der Waals surface area contributed by atoms with Gasteiger partial charge < -0.3 is 14.6 Å². The van der Waals surface area contributed by atoms with E-state index in [2.05, 4.69) is 0 Å². The summed E-state index contributed by atoms with van der Waals surface area (Å²) in [7, 11) is 0. The topological polar surface area (TPSA) is 62.4 Å². The van der Waals surface area contributed by atoms with Crippen molar-refractivity contribution in [3.8, 4) is 5.75 Å². The van der Waals surface area contributed by atoms with Crippen LogP contribution in [-0.4, -0.2) is 29.2 Å². The third-order valence-corrected chi connectivity index (χ3v) is 4.18. The van der Waals surface area contributed by atoms with E-state index in [4.69, 9.17) is 9.47 Å². The number of Topliss-reactive ketones (excluding diaryl/α,β-unsaturated/α-hetero) is 1. The largest absolute Gasteiger partial charge is 0.507 e. The molecule has 22 heavy (non-hydrogen) atoms. The van der Waals surface area contributed by atoms with Crippen LogP contribution in [0, 0.1) is 6.92 Å². The van der Waals surface area contributed by atoms with E-state index in [0.717, 1.165) is 11.1 Å². The van der Waals surface area contributed by atoms with Gasteiger partial charge in [-0.15, -0.1) is 0 Å². The van der Waals surface area contributed by atoms with Gasteiger partial charge in [-0.2, -0.15) is 0 Å². The molecule has 0 saturated carbocycles. The summed E-state index contributed by atoms with van der Waals surface area (Å²) in [5.41, 5.74) is 2.33. The maximum Gasteiger partial charge on any atom is 0.198 e. The summed E-state index contributed by atoms with van der Waals surface area (Å²) >= 11 is 0. The number of hydrogen-bond acceptors (Lipinski definition) is 4. The van der Waals surface area contributed by atoms with Gasteiger partial charge in [-0.05, 0) is 30.2 Å². The van der Waals surface area contributed by atoms with Crippen LogP contribution < -0.4 is 0 Å². The molecule has 4 nitrogen and oxygen atoms in total. The van der Waals surface area contributed by atoms with Crippen LogP contribution in [0.15, 0.2) is 48.5 Å². The van der Waals surface area contributed by atoms with Crippen molar-refractivity contribution in [2.24, 2.45) is 0 Å². The van der Waals surface area contributed by atoms with Crippen LogP contribution in [0.5, 0.6) is 5.75 Å². The molecule has 2 aliphatic rings. The second-order valence-electron chi connectivity index (χ2n) is 5.84. The molecule has 0 bridgehead atoms. The molecule has 2 heterocycles. The molecule has 0 amide bonds. The van der Waals surface area contributed by atoms with Gasteiger partial charge in [0.05, 0.1) is 5.56 Å². The van der Waals surface area contributed by atoms with Gasteiger partial charge in [-0.1, -0.05) is 36.4 Å². The minimum absolute atomic E-state index is 0.00979. The zero-order valence-electron chi connectivity index (χ0n) is 12.1. The van der Waals surface area contributed by atoms with Crippen LogP contribution in [0.3, 0.4) is 0 Å². The number of phenols is 1. The quantitative estimate of drug-likeness (QED) is 0.696. The molecule has 4 atom stereocenters. The van der Waals surface area contributed by atoms with E-state index >= 15 is 0 Å². The number of phenolic OH excluding ortho intramolecular Hbond substituents is 1. The van der Waals surface area contributed by atoms with Gasteiger partial charge in [0.25, 0.3) is 0 Å². The molecule has 0 radical (unpaired) electrons. The zero-order valence-corrected chi connectivity index (χ0v) is 12.1. The van der Waals surface area contributed by atoms with Gasteiger partial charge in [0.1, 0.15) is 30.2 Å². The Labute approximate surface area is 128 Å². The second-order valence-corrected chi connectivity index (χ2v) is 5.84. The summed E-state index contributed by atoms with van der Waals surface area (Å²) in [4.78, 5) is 12.4. The lowest BCUT2D eigenvalue weighted by atomic mass is 10.0. The van der Waals surface area contributed by atoms with Crippen molar-refractivity contribution < 1.29 is 19.4 Å². The fourth-order valence-corrected chi connectivity index (χ4v) is 2.87. The van der Waals surface area contributed by atoms with E-state index in [1.54, 1.807) is 12.1 Å². The third-order valence-electron chi connectivity index (χ3n) is 4.18. The molecular weight excluding hydrogens is 280 g/mol. The number of carbonyl (C=O) groups excluding carboxylic acids is 1. The average Bonchev–Trinajstić information content (AvgIpc) is 3.39. The molecule has 0 aliphatic carbocycles. The SMILES string of the molecule is Cc1ccc(C(=O)[C@@H]2O[C@H]2[C@H]2O[C@@H]2c2ccccc2)c(O)c1. The number of carbonyl (C=O) groups is 1. The Morgan fingerprint density at radius 1 is 1.05 bits per heavy atom. The van der Waals surface area contributed by atoms with Crippen LogP contribution in [0.25, 0.3) is 0 Å². The summed E-state index contributed by atoms with van der Waals surface area (Å²) in [6.07, 6.45) is -0.773. The first-order valence-electron chi connectivity index (χ1n) is 7.35. The Hall–Kier alpha value is -2.17. The highest BCUT2D eigenvalue weighted by molar-refractivity contribution is 6.03. The molecule has 4 rings (SSSR count). The zero-order chi connectivity index (χ0) is 15.3. The standard InChI is InChI=1S/C18H16O4/c1-10-7-8-12(13(19)9-10)14(20)16-18(22-16)17-15(21-17)11-5-3-2-4-6-11/h2-9,15-19H,1H3/t15-,16+,17+,18-/m1/s1. The maximum absolute atomic E-state index is 12.4. The number of aryl methyl sites for hydroxylation is 1. The number of ether oxygens (including phenoxy) is 2. The highest BCUT2D eigenvalue weighted by Gasteiger charge is 2.60. The van der Waals surface area contributed by atoms with Crippen LogP contribution in [-0.2, 0) is 9.47 Å². The maximum atomic E-state index is 12.4. The summed E-state index contributed by atoms with van der Waals surface area (Å²) in [5, 5.41) is 9.90. The number of ketones is 1. The van der Waals surface area contributed by atoms with Crippen molar-refractivity contribution in [3.05, 3.63) is 65.2 Å². The lowest BCUT2D eigenvalue weighted by Crippen LogP contribution is -2.14. The number of aromatic hydroxyl groups is 1. The van der Waals surface area contributed by atoms with E-state index in [1.165, 1.54) is 0 Å². The number of rotatable bonds is 4. The molecular formula is C18H16O4. The Bertz CT molecular complexity index is 725. The molecule has 112 valence electrons. The highest BCUT2D eigenvalue weighted by atomic mass is 16.7. The van der Waals surface area contributed by atoms with Gasteiger partial charge in [0, 0.05) is 0 Å². The van der Waals surface area contributed by atoms with Crippen molar-refractivity contribution in [2.45, 2.75) is 31.3 Å². The minimum atomic E-state index is -0.507. The van der Waals surface area contributed by atoms with Gasteiger partial charge in [0.15, 0.2) is 5.78 Å². The molecule has 2 aliphatic heterocycles. The van der Waals surface area contributed by atoms with Crippen molar-refractivity contribution >= 4 is 5.78 Å². The second kappa shape index (κ2) is 4.93. The summed E-state index contributed by atoms with van der Waals surface area (Å²) in [6.45, 7) is 1.87. The third kappa shape index (κ3) is 2.30. The van der Waals surface area contributed by atoms with Crippen LogP contribution in [0.1, 0.15) is 27.6 Å². The van der Waals surface area contributed by atoms with Crippen LogP contribution >= 0.6 is 0 Å². The molecule has 2 fully saturated rings. The van der Waals surface area contributed by atoms with E-state index < -0.39 is 6.10 Å². The highest BCUT2D eigenvalue weighted by Crippen LogP contribution is 2.48. The lowest BCUT2D eigenvalue weighted by Gasteiger charge is -2.02. The summed E-state index contributed by atoms with van der Waals surface area (Å²) < 4.78 is 11.2. The fraction of sp³-hybridized carbons (Fsp3) is 0.278. The Morgan fingerprint density at radius 3 is 2.55 bits per heavy atom. The van der Waals surface area contributed by atoms with E-state index in [-0.39, 0.29) is 29.8 Å². The molecule has 1 N–H and O–H groups in total. The first kappa shape index (κ1) is 13.5. The van der Waals surface area contributed by atoms with E-state index in [9.17, 15) is 9.90 Å². The van der Waals surface area contributed by atoms with Crippen molar-refractivity contribution in [1.29, 1.82) is 0 Å². The number of epoxide rings is 2. The first-order valence-corrected chi connectivity index (χ1v) is 7.35. The van der Waals surface area contributed by atoms with E-state index in [1.807, 2.05) is 43.3 Å². The monoisotopic (exact) mass is 296 g/mol. The smallest absolute Gasteiger partial charge is 0.198 e. The molecule has 0 spiro atoms. The lowest BCUT2D eigenvalue weighted by molar-refractivity contribution is 0.0951. The number of benzene rings is 2. The minimum Gasteiger partial charge on any atom is -0.507 e. The van der Waals surface area contributed by atoms with Gasteiger partial charge in [-0.3, -0.25) is 4.79 Å². The Balaban J connectivity index is 1.44. The van der Waals surface area contributed by atoms with Crippen molar-refractivity contribution in [2.75, 3.05) is 0 Å². The first-order chi connectivity index (χ1) is 10.6. The predicted octanol–water partition coefficient (Wildman–Crippen LogP) is 2.79. The summed E-state index contributed by atoms with van der Waals surface area (Å²) in [5.74, 6) is -0.166. The Morgan fingerprint density at radius 2 is 1.82 bits per heavy atom. The molecule has 0 aromatic heterocycles. The summed E-state index contributed by atoms with van der Waals surface area (Å²) in [6, 6.07) is 15.0. The molecule has 0 unspecified atom stereocenters. The van der Waals surface area contributed by atoms with Gasteiger partial charge in [0.2, 0.25) is 0 Å².